The van der Waals surface area contributed by atoms with Crippen LogP contribution in [0.5, 0.6) is 0 Å². The number of pyridine rings is 1. The number of aromatic nitrogens is 3. The number of hydrogen-bond donors (Lipinski definition) is 1. The molecule has 0 aliphatic carbocycles. The molecule has 148 valence electrons. The van der Waals surface area contributed by atoms with Crippen molar-refractivity contribution in [1.82, 2.24) is 24.4 Å². The van der Waals surface area contributed by atoms with Gasteiger partial charge in [-0.1, -0.05) is 6.92 Å². The lowest BCUT2D eigenvalue weighted by Crippen LogP contribution is -2.47. The summed E-state index contributed by atoms with van der Waals surface area (Å²) in [6.07, 6.45) is 1.85. The summed E-state index contributed by atoms with van der Waals surface area (Å²) in [5.41, 5.74) is 2.80. The van der Waals surface area contributed by atoms with E-state index in [1.807, 2.05) is 33.9 Å². The minimum absolute atomic E-state index is 0.0318. The molecule has 1 aliphatic heterocycles. The molecule has 1 fully saturated rings. The van der Waals surface area contributed by atoms with Gasteiger partial charge in [0.05, 0.1) is 22.7 Å². The Morgan fingerprint density at radius 1 is 1.26 bits per heavy atom. The molecule has 2 aromatic heterocycles. The summed E-state index contributed by atoms with van der Waals surface area (Å²) in [6.45, 7) is 6.47. The van der Waals surface area contributed by atoms with Gasteiger partial charge in [-0.2, -0.15) is 5.10 Å². The second-order valence-corrected chi connectivity index (χ2v) is 9.25. The lowest BCUT2D eigenvalue weighted by atomic mass is 10.1. The van der Waals surface area contributed by atoms with Crippen LogP contribution in [0.3, 0.4) is 0 Å². The molecule has 0 saturated carbocycles. The van der Waals surface area contributed by atoms with E-state index in [2.05, 4.69) is 15.4 Å². The van der Waals surface area contributed by atoms with Crippen molar-refractivity contribution < 1.29 is 13.2 Å². The third kappa shape index (κ3) is 3.98. The van der Waals surface area contributed by atoms with Crippen LogP contribution >= 0.6 is 0 Å². The van der Waals surface area contributed by atoms with E-state index in [0.29, 0.717) is 43.6 Å². The molecule has 1 saturated heterocycles. The molecule has 3 heterocycles. The standard InChI is InChI=1S/C18H27N5O3S/c1-5-10-27(25,26)23-8-6-14(7-9-23)20-18(24)16-11-15-13(3)21-22(4)17(15)19-12(16)2/h11,14H,5-10H2,1-4H3,(H,20,24). The van der Waals surface area contributed by atoms with Crippen LogP contribution in [0.2, 0.25) is 0 Å². The maximum absolute atomic E-state index is 12.8. The molecular weight excluding hydrogens is 366 g/mol. The number of rotatable bonds is 5. The molecule has 0 bridgehead atoms. The Morgan fingerprint density at radius 3 is 2.56 bits per heavy atom. The van der Waals surface area contributed by atoms with Gasteiger partial charge in [-0.25, -0.2) is 17.7 Å². The zero-order valence-corrected chi connectivity index (χ0v) is 17.1. The van der Waals surface area contributed by atoms with E-state index < -0.39 is 10.0 Å². The molecule has 0 spiro atoms. The van der Waals surface area contributed by atoms with Crippen molar-refractivity contribution in [2.24, 2.45) is 7.05 Å². The Labute approximate surface area is 160 Å². The summed E-state index contributed by atoms with van der Waals surface area (Å²) >= 11 is 0. The van der Waals surface area contributed by atoms with E-state index >= 15 is 0 Å². The number of nitrogens with zero attached hydrogens (tertiary/aromatic N) is 4. The van der Waals surface area contributed by atoms with Crippen molar-refractivity contribution in [1.29, 1.82) is 0 Å². The Balaban J connectivity index is 1.69. The Bertz CT molecular complexity index is 959. The van der Waals surface area contributed by atoms with Crippen molar-refractivity contribution in [3.8, 4) is 0 Å². The smallest absolute Gasteiger partial charge is 0.253 e. The highest BCUT2D eigenvalue weighted by Gasteiger charge is 2.28. The first-order chi connectivity index (χ1) is 12.7. The van der Waals surface area contributed by atoms with Gasteiger partial charge in [-0.3, -0.25) is 9.48 Å². The van der Waals surface area contributed by atoms with Gasteiger partial charge in [0.2, 0.25) is 10.0 Å². The third-order valence-electron chi connectivity index (χ3n) is 5.08. The van der Waals surface area contributed by atoms with Gasteiger partial charge in [0, 0.05) is 31.6 Å². The predicted octanol–water partition coefficient (Wildman–Crippen LogP) is 1.52. The zero-order chi connectivity index (χ0) is 19.8. The molecule has 1 amide bonds. The number of hydrogen-bond acceptors (Lipinski definition) is 5. The quantitative estimate of drug-likeness (QED) is 0.831. The number of amides is 1. The van der Waals surface area contributed by atoms with Crippen LogP contribution in [-0.4, -0.2) is 58.3 Å². The van der Waals surface area contributed by atoms with E-state index in [0.717, 1.165) is 16.7 Å². The molecule has 0 unspecified atom stereocenters. The second-order valence-electron chi connectivity index (χ2n) is 7.16. The van der Waals surface area contributed by atoms with Gasteiger partial charge in [0.1, 0.15) is 0 Å². The van der Waals surface area contributed by atoms with Crippen LogP contribution in [0.1, 0.15) is 47.9 Å². The molecule has 8 nitrogen and oxygen atoms in total. The third-order valence-corrected chi connectivity index (χ3v) is 7.15. The van der Waals surface area contributed by atoms with E-state index in [1.165, 1.54) is 4.31 Å². The molecule has 0 radical (unpaired) electrons. The Hall–Kier alpha value is -2.00. The first-order valence-electron chi connectivity index (χ1n) is 9.32. The first kappa shape index (κ1) is 19.8. The number of nitrogens with one attached hydrogen (secondary N) is 1. The number of carbonyl (C=O) groups excluding carboxylic acids is 1. The van der Waals surface area contributed by atoms with Gasteiger partial charge in [0.15, 0.2) is 5.65 Å². The van der Waals surface area contributed by atoms with Gasteiger partial charge in [-0.15, -0.1) is 0 Å². The molecule has 27 heavy (non-hydrogen) atoms. The highest BCUT2D eigenvalue weighted by molar-refractivity contribution is 7.89. The lowest BCUT2D eigenvalue weighted by molar-refractivity contribution is 0.0923. The van der Waals surface area contributed by atoms with E-state index in [9.17, 15) is 13.2 Å². The zero-order valence-electron chi connectivity index (χ0n) is 16.3. The number of carbonyl (C=O) groups is 1. The van der Waals surface area contributed by atoms with Crippen molar-refractivity contribution in [2.45, 2.75) is 46.1 Å². The highest BCUT2D eigenvalue weighted by Crippen LogP contribution is 2.20. The minimum atomic E-state index is -3.17. The van der Waals surface area contributed by atoms with E-state index in [-0.39, 0.29) is 17.7 Å². The Kier molecular flexibility index (Phi) is 5.53. The van der Waals surface area contributed by atoms with E-state index in [1.54, 1.807) is 4.68 Å². The fourth-order valence-corrected chi connectivity index (χ4v) is 5.13. The molecule has 1 aliphatic rings. The number of piperidine rings is 1. The monoisotopic (exact) mass is 393 g/mol. The molecule has 1 N–H and O–H groups in total. The van der Waals surface area contributed by atoms with Crippen molar-refractivity contribution in [3.05, 3.63) is 23.0 Å². The Morgan fingerprint density at radius 2 is 1.93 bits per heavy atom. The van der Waals surface area contributed by atoms with Crippen molar-refractivity contribution >= 4 is 27.0 Å². The molecule has 0 atom stereocenters. The summed E-state index contributed by atoms with van der Waals surface area (Å²) < 4.78 is 27.6. The normalized spacial score (nSPS) is 16.7. The van der Waals surface area contributed by atoms with Gasteiger partial charge in [0.25, 0.3) is 5.91 Å². The fourth-order valence-electron chi connectivity index (χ4n) is 3.59. The maximum atomic E-state index is 12.8. The summed E-state index contributed by atoms with van der Waals surface area (Å²) in [4.78, 5) is 17.3. The van der Waals surface area contributed by atoms with Gasteiger partial charge < -0.3 is 5.32 Å². The molecular formula is C18H27N5O3S. The molecule has 9 heteroatoms. The van der Waals surface area contributed by atoms with Gasteiger partial charge in [-0.05, 0) is 39.2 Å². The topological polar surface area (TPSA) is 97.2 Å². The second kappa shape index (κ2) is 7.55. The minimum Gasteiger partial charge on any atom is -0.349 e. The van der Waals surface area contributed by atoms with Crippen LogP contribution in [0.4, 0.5) is 0 Å². The molecule has 3 rings (SSSR count). The largest absolute Gasteiger partial charge is 0.349 e. The average Bonchev–Trinajstić information content (AvgIpc) is 2.88. The number of fused-ring (bicyclic) bond motifs is 1. The lowest BCUT2D eigenvalue weighted by Gasteiger charge is -2.31. The number of aryl methyl sites for hydroxylation is 3. The summed E-state index contributed by atoms with van der Waals surface area (Å²) in [7, 11) is -1.33. The maximum Gasteiger partial charge on any atom is 0.253 e. The summed E-state index contributed by atoms with van der Waals surface area (Å²) in [6, 6.07) is 1.81. The van der Waals surface area contributed by atoms with Crippen molar-refractivity contribution in [3.63, 3.8) is 0 Å². The average molecular weight is 394 g/mol. The molecule has 2 aromatic rings. The van der Waals surface area contributed by atoms with Gasteiger partial charge >= 0.3 is 0 Å². The van der Waals surface area contributed by atoms with Crippen LogP contribution in [0, 0.1) is 13.8 Å². The van der Waals surface area contributed by atoms with E-state index in [4.69, 9.17) is 0 Å². The summed E-state index contributed by atoms with van der Waals surface area (Å²) in [5, 5.41) is 8.27. The van der Waals surface area contributed by atoms with Crippen LogP contribution < -0.4 is 5.32 Å². The first-order valence-corrected chi connectivity index (χ1v) is 10.9. The SMILES string of the molecule is CCCS(=O)(=O)N1CCC(NC(=O)c2cc3c(C)nn(C)c3nc2C)CC1. The number of sulfonamides is 1. The van der Waals surface area contributed by atoms with Crippen LogP contribution in [-0.2, 0) is 17.1 Å². The van der Waals surface area contributed by atoms with Crippen molar-refractivity contribution in [2.75, 3.05) is 18.8 Å². The summed E-state index contributed by atoms with van der Waals surface area (Å²) in [5.74, 6) is 0.0133. The van der Waals surface area contributed by atoms with Crippen LogP contribution in [0.15, 0.2) is 6.07 Å². The fraction of sp³-hybridized carbons (Fsp3) is 0.611. The molecule has 0 aromatic carbocycles. The highest BCUT2D eigenvalue weighted by atomic mass is 32.2. The van der Waals surface area contributed by atoms with Crippen LogP contribution in [0.25, 0.3) is 11.0 Å². The predicted molar refractivity (Wildman–Crippen MR) is 104 cm³/mol.